The third-order valence-electron chi connectivity index (χ3n) is 3.90. The molecule has 0 aliphatic carbocycles. The maximum absolute atomic E-state index is 12.0. The molecule has 0 spiro atoms. The van der Waals surface area contributed by atoms with Gasteiger partial charge in [0.1, 0.15) is 18.5 Å². The number of carbonyl (C=O) groups excluding carboxylic acids is 2. The third kappa shape index (κ3) is 5.37. The highest BCUT2D eigenvalue weighted by Gasteiger charge is 2.21. The molecule has 2 amide bonds. The molecule has 7 nitrogen and oxygen atoms in total. The average Bonchev–Trinajstić information content (AvgIpc) is 2.70. The van der Waals surface area contributed by atoms with Gasteiger partial charge in [0.15, 0.2) is 18.1 Å². The first-order valence-corrected chi connectivity index (χ1v) is 8.82. The van der Waals surface area contributed by atoms with Gasteiger partial charge in [0.25, 0.3) is 5.91 Å². The van der Waals surface area contributed by atoms with Crippen LogP contribution in [0.25, 0.3) is 0 Å². The van der Waals surface area contributed by atoms with Crippen molar-refractivity contribution in [1.82, 2.24) is 5.32 Å². The molecular weight excluding hydrogens is 348 g/mol. The van der Waals surface area contributed by atoms with Crippen LogP contribution in [0.15, 0.2) is 48.5 Å². The highest BCUT2D eigenvalue weighted by Crippen LogP contribution is 2.30. The van der Waals surface area contributed by atoms with Crippen LogP contribution in [0, 0.1) is 0 Å². The molecule has 2 aromatic carbocycles. The van der Waals surface area contributed by atoms with Gasteiger partial charge in [-0.15, -0.1) is 0 Å². The van der Waals surface area contributed by atoms with Gasteiger partial charge in [-0.3, -0.25) is 9.59 Å². The summed E-state index contributed by atoms with van der Waals surface area (Å²) in [6, 6.07) is 14.3. The first-order chi connectivity index (χ1) is 13.1. The van der Waals surface area contributed by atoms with Gasteiger partial charge >= 0.3 is 0 Å². The van der Waals surface area contributed by atoms with Crippen LogP contribution in [0.1, 0.15) is 13.3 Å². The Morgan fingerprint density at radius 3 is 2.74 bits per heavy atom. The lowest BCUT2D eigenvalue weighted by atomic mass is 10.2. The summed E-state index contributed by atoms with van der Waals surface area (Å²) in [5.41, 5.74) is 0.631. The molecule has 7 heteroatoms. The molecule has 0 fully saturated rings. The second-order valence-electron chi connectivity index (χ2n) is 6.02. The van der Waals surface area contributed by atoms with E-state index in [4.69, 9.17) is 14.2 Å². The standard InChI is InChI=1S/C20H22N2O5/c1-2-19(23)22-14-6-5-7-15(10-14)25-13-20(24)21-11-16-12-26-17-8-3-4-9-18(17)27-16/h3-10,16H,2,11-13H2,1H3,(H,21,24)(H,22,23)/t16-/m1/s1. The molecule has 1 aliphatic heterocycles. The molecule has 1 heterocycles. The number of nitrogens with one attached hydrogen (secondary N) is 2. The predicted octanol–water partition coefficient (Wildman–Crippen LogP) is 2.37. The summed E-state index contributed by atoms with van der Waals surface area (Å²) < 4.78 is 16.9. The molecule has 27 heavy (non-hydrogen) atoms. The van der Waals surface area contributed by atoms with Crippen molar-refractivity contribution < 1.29 is 23.8 Å². The lowest BCUT2D eigenvalue weighted by molar-refractivity contribution is -0.123. The van der Waals surface area contributed by atoms with E-state index in [-0.39, 0.29) is 24.5 Å². The zero-order valence-electron chi connectivity index (χ0n) is 15.1. The van der Waals surface area contributed by atoms with Crippen LogP contribution in [0.5, 0.6) is 17.2 Å². The number of fused-ring (bicyclic) bond motifs is 1. The molecular formula is C20H22N2O5. The largest absolute Gasteiger partial charge is 0.486 e. The maximum atomic E-state index is 12.0. The molecule has 3 rings (SSSR count). The van der Waals surface area contributed by atoms with Gasteiger partial charge in [0, 0.05) is 18.2 Å². The zero-order valence-corrected chi connectivity index (χ0v) is 15.1. The van der Waals surface area contributed by atoms with Crippen molar-refractivity contribution in [2.24, 2.45) is 0 Å². The lowest BCUT2D eigenvalue weighted by Gasteiger charge is -2.26. The van der Waals surface area contributed by atoms with E-state index in [0.29, 0.717) is 42.5 Å². The van der Waals surface area contributed by atoms with Gasteiger partial charge in [0.05, 0.1) is 6.54 Å². The van der Waals surface area contributed by atoms with E-state index in [1.54, 1.807) is 31.2 Å². The van der Waals surface area contributed by atoms with Crippen molar-refractivity contribution in [3.8, 4) is 17.2 Å². The van der Waals surface area contributed by atoms with Crippen molar-refractivity contribution in [2.45, 2.75) is 19.4 Å². The first-order valence-electron chi connectivity index (χ1n) is 8.82. The second kappa shape index (κ2) is 8.93. The van der Waals surface area contributed by atoms with Crippen LogP contribution < -0.4 is 24.8 Å². The molecule has 1 atom stereocenters. The maximum Gasteiger partial charge on any atom is 0.258 e. The molecule has 0 saturated heterocycles. The fourth-order valence-electron chi connectivity index (χ4n) is 2.50. The minimum Gasteiger partial charge on any atom is -0.486 e. The van der Waals surface area contributed by atoms with E-state index in [1.807, 2.05) is 24.3 Å². The van der Waals surface area contributed by atoms with E-state index in [1.165, 1.54) is 0 Å². The minimum atomic E-state index is -0.263. The Kier molecular flexibility index (Phi) is 6.14. The number of carbonyl (C=O) groups is 2. The van der Waals surface area contributed by atoms with E-state index in [0.717, 1.165) is 0 Å². The van der Waals surface area contributed by atoms with Crippen molar-refractivity contribution in [3.63, 3.8) is 0 Å². The van der Waals surface area contributed by atoms with Gasteiger partial charge in [-0.2, -0.15) is 0 Å². The van der Waals surface area contributed by atoms with E-state index in [9.17, 15) is 9.59 Å². The summed E-state index contributed by atoms with van der Waals surface area (Å²) in [4.78, 5) is 23.4. The Morgan fingerprint density at radius 1 is 1.11 bits per heavy atom. The summed E-state index contributed by atoms with van der Waals surface area (Å²) >= 11 is 0. The number of benzene rings is 2. The van der Waals surface area contributed by atoms with Crippen LogP contribution >= 0.6 is 0 Å². The molecule has 2 N–H and O–H groups in total. The molecule has 0 unspecified atom stereocenters. The molecule has 0 aromatic heterocycles. The Balaban J connectivity index is 1.43. The number of para-hydroxylation sites is 2. The monoisotopic (exact) mass is 370 g/mol. The Morgan fingerprint density at radius 2 is 1.93 bits per heavy atom. The lowest BCUT2D eigenvalue weighted by Crippen LogP contribution is -2.42. The van der Waals surface area contributed by atoms with E-state index < -0.39 is 0 Å². The van der Waals surface area contributed by atoms with Crippen molar-refractivity contribution in [1.29, 1.82) is 0 Å². The number of amides is 2. The Bertz CT molecular complexity index is 808. The van der Waals surface area contributed by atoms with Gasteiger partial charge in [-0.1, -0.05) is 25.1 Å². The van der Waals surface area contributed by atoms with E-state index >= 15 is 0 Å². The summed E-state index contributed by atoms with van der Waals surface area (Å²) in [7, 11) is 0. The van der Waals surface area contributed by atoms with Gasteiger partial charge in [0.2, 0.25) is 5.91 Å². The molecule has 0 saturated carbocycles. The second-order valence-corrected chi connectivity index (χ2v) is 6.02. The quantitative estimate of drug-likeness (QED) is 0.782. The summed E-state index contributed by atoms with van der Waals surface area (Å²) in [6.45, 7) is 2.34. The number of hydrogen-bond acceptors (Lipinski definition) is 5. The molecule has 2 aromatic rings. The van der Waals surface area contributed by atoms with Crippen LogP contribution in [0.4, 0.5) is 5.69 Å². The van der Waals surface area contributed by atoms with Gasteiger partial charge in [-0.25, -0.2) is 0 Å². The molecule has 1 aliphatic rings. The van der Waals surface area contributed by atoms with E-state index in [2.05, 4.69) is 10.6 Å². The van der Waals surface area contributed by atoms with Crippen molar-refractivity contribution >= 4 is 17.5 Å². The summed E-state index contributed by atoms with van der Waals surface area (Å²) in [5, 5.41) is 5.52. The highest BCUT2D eigenvalue weighted by atomic mass is 16.6. The smallest absolute Gasteiger partial charge is 0.258 e. The van der Waals surface area contributed by atoms with Gasteiger partial charge < -0.3 is 24.8 Å². The Hall–Kier alpha value is -3.22. The Labute approximate surface area is 157 Å². The number of anilines is 1. The summed E-state index contributed by atoms with van der Waals surface area (Å²) in [6.07, 6.45) is 0.140. The number of rotatable bonds is 7. The van der Waals surface area contributed by atoms with Crippen molar-refractivity contribution in [2.75, 3.05) is 25.1 Å². The fourth-order valence-corrected chi connectivity index (χ4v) is 2.50. The normalized spacial score (nSPS) is 14.9. The fraction of sp³-hybridized carbons (Fsp3) is 0.300. The van der Waals surface area contributed by atoms with Crippen LogP contribution in [-0.4, -0.2) is 37.7 Å². The zero-order chi connectivity index (χ0) is 19.1. The molecule has 142 valence electrons. The topological polar surface area (TPSA) is 85.9 Å². The highest BCUT2D eigenvalue weighted by molar-refractivity contribution is 5.90. The number of hydrogen-bond donors (Lipinski definition) is 2. The van der Waals surface area contributed by atoms with Crippen molar-refractivity contribution in [3.05, 3.63) is 48.5 Å². The molecule has 0 bridgehead atoms. The number of ether oxygens (including phenoxy) is 3. The van der Waals surface area contributed by atoms with Crippen LogP contribution in [0.3, 0.4) is 0 Å². The van der Waals surface area contributed by atoms with Gasteiger partial charge in [-0.05, 0) is 24.3 Å². The molecule has 0 radical (unpaired) electrons. The summed E-state index contributed by atoms with van der Waals surface area (Å²) in [5.74, 6) is 1.54. The first kappa shape index (κ1) is 18.6. The third-order valence-corrected chi connectivity index (χ3v) is 3.90. The SMILES string of the molecule is CCC(=O)Nc1cccc(OCC(=O)NC[C@@H]2COc3ccccc3O2)c1. The van der Waals surface area contributed by atoms with Crippen LogP contribution in [-0.2, 0) is 9.59 Å². The minimum absolute atomic E-state index is 0.0823. The van der Waals surface area contributed by atoms with Crippen LogP contribution in [0.2, 0.25) is 0 Å². The predicted molar refractivity (Wildman–Crippen MR) is 100 cm³/mol. The average molecular weight is 370 g/mol.